The predicted molar refractivity (Wildman–Crippen MR) is 120 cm³/mol. The van der Waals surface area contributed by atoms with Gasteiger partial charge in [0.2, 0.25) is 0 Å². The van der Waals surface area contributed by atoms with E-state index in [9.17, 15) is 9.50 Å². The Morgan fingerprint density at radius 1 is 1.17 bits per heavy atom. The zero-order chi connectivity index (χ0) is 21.5. The second-order valence-corrected chi connectivity index (χ2v) is 9.34. The molecule has 3 nitrogen and oxygen atoms in total. The largest absolute Gasteiger partial charge is 0.507 e. The summed E-state index contributed by atoms with van der Waals surface area (Å²) >= 11 is 0. The standard InChI is InChI=1S/C26H32FNO2/c1-16(5-6-18-7-9-20(27)10-8-18)17(2)19-13-23(29)25-21-15-28-12-11-22(21)26(3,4)30-24(25)14-19/h7-10,13-14,16-17,28-29H,5-6,11-12,15H2,1-4H3. The van der Waals surface area contributed by atoms with Gasteiger partial charge < -0.3 is 15.2 Å². The summed E-state index contributed by atoms with van der Waals surface area (Å²) < 4.78 is 19.5. The molecule has 0 radical (unpaired) electrons. The number of hydrogen-bond acceptors (Lipinski definition) is 3. The summed E-state index contributed by atoms with van der Waals surface area (Å²) in [5.74, 6) is 1.59. The number of phenols is 1. The molecule has 2 unspecified atom stereocenters. The van der Waals surface area contributed by atoms with E-state index in [1.54, 1.807) is 0 Å². The molecule has 0 aromatic heterocycles. The molecule has 0 bridgehead atoms. The van der Waals surface area contributed by atoms with E-state index in [1.807, 2.05) is 18.2 Å². The lowest BCUT2D eigenvalue weighted by Crippen LogP contribution is -2.40. The highest BCUT2D eigenvalue weighted by molar-refractivity contribution is 5.82. The van der Waals surface area contributed by atoms with Crippen molar-refractivity contribution in [3.05, 3.63) is 64.5 Å². The molecule has 0 saturated heterocycles. The molecule has 0 spiro atoms. The molecule has 30 heavy (non-hydrogen) atoms. The van der Waals surface area contributed by atoms with Gasteiger partial charge >= 0.3 is 0 Å². The fourth-order valence-electron chi connectivity index (χ4n) is 4.82. The first kappa shape index (κ1) is 20.9. The van der Waals surface area contributed by atoms with Crippen molar-refractivity contribution in [3.8, 4) is 11.5 Å². The zero-order valence-electron chi connectivity index (χ0n) is 18.4. The maximum Gasteiger partial charge on any atom is 0.132 e. The highest BCUT2D eigenvalue weighted by Gasteiger charge is 2.37. The van der Waals surface area contributed by atoms with Gasteiger partial charge in [0, 0.05) is 6.54 Å². The molecule has 2 aliphatic heterocycles. The number of ether oxygens (including phenoxy) is 1. The van der Waals surface area contributed by atoms with Crippen LogP contribution in [0.2, 0.25) is 0 Å². The number of aromatic hydroxyl groups is 1. The Balaban J connectivity index is 1.56. The number of hydrogen-bond donors (Lipinski definition) is 2. The molecule has 2 atom stereocenters. The van der Waals surface area contributed by atoms with Crippen molar-refractivity contribution in [1.29, 1.82) is 0 Å². The maximum atomic E-state index is 13.1. The molecule has 0 fully saturated rings. The third kappa shape index (κ3) is 3.98. The molecular weight excluding hydrogens is 377 g/mol. The monoisotopic (exact) mass is 409 g/mol. The maximum absolute atomic E-state index is 13.1. The third-order valence-corrected chi connectivity index (χ3v) is 6.90. The summed E-state index contributed by atoms with van der Waals surface area (Å²) in [7, 11) is 0. The number of halogens is 1. The first-order valence-electron chi connectivity index (χ1n) is 11.0. The van der Waals surface area contributed by atoms with E-state index in [0.717, 1.165) is 54.8 Å². The fraction of sp³-hybridized carbons (Fsp3) is 0.462. The molecule has 4 heteroatoms. The van der Waals surface area contributed by atoms with Gasteiger partial charge in [0.25, 0.3) is 0 Å². The molecule has 0 saturated carbocycles. The fourth-order valence-corrected chi connectivity index (χ4v) is 4.82. The van der Waals surface area contributed by atoms with Crippen LogP contribution < -0.4 is 10.1 Å². The van der Waals surface area contributed by atoms with Crippen molar-refractivity contribution < 1.29 is 14.2 Å². The molecule has 0 aliphatic carbocycles. The molecule has 0 amide bonds. The van der Waals surface area contributed by atoms with Crippen molar-refractivity contribution >= 4 is 5.57 Å². The van der Waals surface area contributed by atoms with Crippen LogP contribution in [0.4, 0.5) is 4.39 Å². The van der Waals surface area contributed by atoms with Gasteiger partial charge in [-0.15, -0.1) is 0 Å². The number of phenolic OH excluding ortho intramolecular Hbond substituents is 1. The van der Waals surface area contributed by atoms with Gasteiger partial charge in [-0.1, -0.05) is 26.0 Å². The van der Waals surface area contributed by atoms with Gasteiger partial charge in [-0.3, -0.25) is 0 Å². The second-order valence-electron chi connectivity index (χ2n) is 9.34. The van der Waals surface area contributed by atoms with Crippen LogP contribution in [-0.4, -0.2) is 23.8 Å². The zero-order valence-corrected chi connectivity index (χ0v) is 18.4. The Bertz CT molecular complexity index is 962. The lowest BCUT2D eigenvalue weighted by molar-refractivity contribution is 0.137. The molecule has 160 valence electrons. The van der Waals surface area contributed by atoms with Gasteiger partial charge in [0.05, 0.1) is 5.56 Å². The van der Waals surface area contributed by atoms with E-state index in [2.05, 4.69) is 39.1 Å². The van der Waals surface area contributed by atoms with Gasteiger partial charge in [0.15, 0.2) is 0 Å². The third-order valence-electron chi connectivity index (χ3n) is 6.90. The molecule has 2 aromatic carbocycles. The average molecular weight is 410 g/mol. The van der Waals surface area contributed by atoms with E-state index in [4.69, 9.17) is 4.74 Å². The Hall–Kier alpha value is -2.33. The molecule has 2 heterocycles. The van der Waals surface area contributed by atoms with Gasteiger partial charge in [-0.05, 0) is 98.0 Å². The van der Waals surface area contributed by atoms with Crippen LogP contribution in [0.25, 0.3) is 5.57 Å². The van der Waals surface area contributed by atoms with Crippen molar-refractivity contribution in [2.75, 3.05) is 13.1 Å². The van der Waals surface area contributed by atoms with Gasteiger partial charge in [0.1, 0.15) is 22.9 Å². The Kier molecular flexibility index (Phi) is 5.63. The summed E-state index contributed by atoms with van der Waals surface area (Å²) in [6.07, 6.45) is 2.85. The topological polar surface area (TPSA) is 41.5 Å². The molecule has 4 rings (SSSR count). The normalized spacial score (nSPS) is 19.5. The first-order valence-corrected chi connectivity index (χ1v) is 11.0. The van der Waals surface area contributed by atoms with E-state index in [1.165, 1.54) is 23.3 Å². The van der Waals surface area contributed by atoms with Crippen LogP contribution in [-0.2, 0) is 6.42 Å². The van der Waals surface area contributed by atoms with E-state index < -0.39 is 0 Å². The Labute approximate surface area is 179 Å². The second kappa shape index (κ2) is 8.07. The number of benzene rings is 2. The first-order chi connectivity index (χ1) is 14.3. The lowest BCUT2D eigenvalue weighted by Gasteiger charge is -2.40. The van der Waals surface area contributed by atoms with E-state index >= 15 is 0 Å². The number of rotatable bonds is 5. The van der Waals surface area contributed by atoms with Crippen molar-refractivity contribution in [3.63, 3.8) is 0 Å². The minimum Gasteiger partial charge on any atom is -0.507 e. The van der Waals surface area contributed by atoms with Gasteiger partial charge in [-0.25, -0.2) is 4.39 Å². The van der Waals surface area contributed by atoms with Crippen LogP contribution in [0.1, 0.15) is 63.1 Å². The van der Waals surface area contributed by atoms with Crippen molar-refractivity contribution in [1.82, 2.24) is 5.32 Å². The SMILES string of the molecule is CC(CCc1ccc(F)cc1)C(C)c1cc(O)c2c(c1)OC(C)(C)C1=C2CNCC1. The summed E-state index contributed by atoms with van der Waals surface area (Å²) in [6.45, 7) is 10.4. The smallest absolute Gasteiger partial charge is 0.132 e. The lowest BCUT2D eigenvalue weighted by atomic mass is 9.80. The van der Waals surface area contributed by atoms with E-state index in [0.29, 0.717) is 11.7 Å². The molecule has 2 N–H and O–H groups in total. The van der Waals surface area contributed by atoms with Crippen molar-refractivity contribution in [2.24, 2.45) is 5.92 Å². The molecular formula is C26H32FNO2. The van der Waals surface area contributed by atoms with Gasteiger partial charge in [-0.2, -0.15) is 0 Å². The minimum absolute atomic E-state index is 0.195. The molecule has 2 aromatic rings. The minimum atomic E-state index is -0.354. The average Bonchev–Trinajstić information content (AvgIpc) is 2.71. The molecule has 2 aliphatic rings. The summed E-state index contributed by atoms with van der Waals surface area (Å²) in [5.41, 5.74) is 5.23. The predicted octanol–water partition coefficient (Wildman–Crippen LogP) is 5.82. The quantitative estimate of drug-likeness (QED) is 0.654. The number of nitrogens with one attached hydrogen (secondary N) is 1. The van der Waals surface area contributed by atoms with E-state index in [-0.39, 0.29) is 17.3 Å². The van der Waals surface area contributed by atoms with Crippen molar-refractivity contribution in [2.45, 2.75) is 58.5 Å². The van der Waals surface area contributed by atoms with Crippen LogP contribution in [0.3, 0.4) is 0 Å². The van der Waals surface area contributed by atoms with Crippen LogP contribution in [0.15, 0.2) is 42.0 Å². The highest BCUT2D eigenvalue weighted by atomic mass is 19.1. The number of fused-ring (bicyclic) bond motifs is 2. The summed E-state index contributed by atoms with van der Waals surface area (Å²) in [6, 6.07) is 10.8. The highest BCUT2D eigenvalue weighted by Crippen LogP contribution is 2.48. The van der Waals surface area contributed by atoms with Crippen LogP contribution in [0, 0.1) is 11.7 Å². The summed E-state index contributed by atoms with van der Waals surface area (Å²) in [4.78, 5) is 0. The Morgan fingerprint density at radius 2 is 1.90 bits per heavy atom. The Morgan fingerprint density at radius 3 is 2.63 bits per heavy atom. The number of aryl methyl sites for hydroxylation is 1. The van der Waals surface area contributed by atoms with Crippen LogP contribution >= 0.6 is 0 Å². The summed E-state index contributed by atoms with van der Waals surface area (Å²) in [5, 5.41) is 14.4. The van der Waals surface area contributed by atoms with Crippen LogP contribution in [0.5, 0.6) is 11.5 Å².